The van der Waals surface area contributed by atoms with Gasteiger partial charge in [-0.1, -0.05) is 6.07 Å². The number of nitrogens with zero attached hydrogens (tertiary/aromatic N) is 1. The van der Waals surface area contributed by atoms with Gasteiger partial charge in [-0.25, -0.2) is 0 Å². The van der Waals surface area contributed by atoms with Gasteiger partial charge >= 0.3 is 0 Å². The molecule has 0 aliphatic heterocycles. The number of carbonyl (C=O) groups excluding carboxylic acids is 1. The van der Waals surface area contributed by atoms with Crippen molar-refractivity contribution in [3.8, 4) is 0 Å². The third-order valence-electron chi connectivity index (χ3n) is 3.47. The van der Waals surface area contributed by atoms with Gasteiger partial charge in [-0.15, -0.1) is 0 Å². The number of hydrogen-bond acceptors (Lipinski definition) is 4. The molecule has 0 spiro atoms. The quantitative estimate of drug-likeness (QED) is 0.628. The van der Waals surface area contributed by atoms with Crippen molar-refractivity contribution < 1.29 is 9.90 Å². The summed E-state index contributed by atoms with van der Waals surface area (Å²) in [4.78, 5) is 14.1. The highest BCUT2D eigenvalue weighted by molar-refractivity contribution is 5.91. The number of amides is 1. The summed E-state index contributed by atoms with van der Waals surface area (Å²) >= 11 is 0. The highest BCUT2D eigenvalue weighted by atomic mass is 16.3. The van der Waals surface area contributed by atoms with Crippen molar-refractivity contribution in [3.05, 3.63) is 24.3 Å². The van der Waals surface area contributed by atoms with Gasteiger partial charge in [-0.05, 0) is 44.0 Å². The fraction of sp³-hybridized carbons (Fsp3) is 0.533. The molecule has 1 fully saturated rings. The van der Waals surface area contributed by atoms with E-state index in [2.05, 4.69) is 10.2 Å². The molecule has 1 aromatic carbocycles. The van der Waals surface area contributed by atoms with Crippen LogP contribution in [0.25, 0.3) is 0 Å². The Hall–Kier alpha value is -1.59. The third-order valence-corrected chi connectivity index (χ3v) is 3.47. The van der Waals surface area contributed by atoms with Gasteiger partial charge in [0.25, 0.3) is 0 Å². The van der Waals surface area contributed by atoms with E-state index in [1.807, 2.05) is 12.1 Å². The zero-order valence-electron chi connectivity index (χ0n) is 11.7. The molecule has 2 rings (SSSR count). The minimum absolute atomic E-state index is 0.00958. The van der Waals surface area contributed by atoms with E-state index in [1.165, 1.54) is 12.8 Å². The number of rotatable bonds is 8. The molecule has 1 aliphatic rings. The Labute approximate surface area is 119 Å². The summed E-state index contributed by atoms with van der Waals surface area (Å²) in [5.41, 5.74) is 7.05. The van der Waals surface area contributed by atoms with Gasteiger partial charge in [0.05, 0.1) is 6.61 Å². The average Bonchev–Trinajstić information content (AvgIpc) is 3.22. The SMILES string of the molecule is Nc1cccc(NC(=O)CCCN(CCO)C2CC2)c1. The first-order valence-corrected chi connectivity index (χ1v) is 7.19. The molecular formula is C15H23N3O2. The maximum Gasteiger partial charge on any atom is 0.224 e. The summed E-state index contributed by atoms with van der Waals surface area (Å²) in [5, 5.41) is 11.9. The molecule has 1 amide bonds. The molecular weight excluding hydrogens is 254 g/mol. The van der Waals surface area contributed by atoms with E-state index in [0.717, 1.165) is 18.7 Å². The Morgan fingerprint density at radius 1 is 1.40 bits per heavy atom. The lowest BCUT2D eigenvalue weighted by Crippen LogP contribution is -2.30. The van der Waals surface area contributed by atoms with Crippen LogP contribution in [0.5, 0.6) is 0 Å². The molecule has 20 heavy (non-hydrogen) atoms. The van der Waals surface area contributed by atoms with E-state index < -0.39 is 0 Å². The van der Waals surface area contributed by atoms with Crippen LogP contribution in [0.1, 0.15) is 25.7 Å². The molecule has 0 bridgehead atoms. The van der Waals surface area contributed by atoms with E-state index in [4.69, 9.17) is 10.8 Å². The highest BCUT2D eigenvalue weighted by Gasteiger charge is 2.27. The van der Waals surface area contributed by atoms with E-state index in [1.54, 1.807) is 12.1 Å². The molecule has 0 aromatic heterocycles. The van der Waals surface area contributed by atoms with Crippen LogP contribution in [0, 0.1) is 0 Å². The van der Waals surface area contributed by atoms with Crippen molar-refractivity contribution in [2.45, 2.75) is 31.7 Å². The van der Waals surface area contributed by atoms with Crippen LogP contribution >= 0.6 is 0 Å². The number of nitrogen functional groups attached to an aromatic ring is 1. The maximum absolute atomic E-state index is 11.8. The standard InChI is InChI=1S/C15H23N3O2/c16-12-3-1-4-13(11-12)17-15(20)5-2-8-18(9-10-19)14-6-7-14/h1,3-4,11,14,19H,2,5-10,16H2,(H,17,20). The van der Waals surface area contributed by atoms with Gasteiger partial charge in [0.1, 0.15) is 0 Å². The molecule has 0 saturated heterocycles. The molecule has 0 atom stereocenters. The first-order valence-electron chi connectivity index (χ1n) is 7.19. The number of aliphatic hydroxyl groups excluding tert-OH is 1. The second-order valence-corrected chi connectivity index (χ2v) is 5.27. The lowest BCUT2D eigenvalue weighted by atomic mass is 10.2. The molecule has 1 aliphatic carbocycles. The fourth-order valence-corrected chi connectivity index (χ4v) is 2.33. The number of hydrogen-bond donors (Lipinski definition) is 3. The van der Waals surface area contributed by atoms with Crippen LogP contribution in [-0.2, 0) is 4.79 Å². The van der Waals surface area contributed by atoms with Crippen LogP contribution in [0.2, 0.25) is 0 Å². The topological polar surface area (TPSA) is 78.6 Å². The number of anilines is 2. The summed E-state index contributed by atoms with van der Waals surface area (Å²) in [6.45, 7) is 1.77. The Morgan fingerprint density at radius 3 is 2.85 bits per heavy atom. The van der Waals surface area contributed by atoms with Crippen LogP contribution in [0.4, 0.5) is 11.4 Å². The normalized spacial score (nSPS) is 14.5. The lowest BCUT2D eigenvalue weighted by molar-refractivity contribution is -0.116. The van der Waals surface area contributed by atoms with Gasteiger partial charge in [0.15, 0.2) is 0 Å². The number of carbonyl (C=O) groups is 1. The Kier molecular flexibility index (Phi) is 5.38. The molecule has 0 heterocycles. The Bertz CT molecular complexity index is 446. The number of nitrogens with two attached hydrogens (primary N) is 1. The van der Waals surface area contributed by atoms with Crippen molar-refractivity contribution >= 4 is 17.3 Å². The van der Waals surface area contributed by atoms with Gasteiger partial charge in [-0.3, -0.25) is 9.69 Å². The minimum atomic E-state index is 0.00958. The van der Waals surface area contributed by atoms with Crippen LogP contribution < -0.4 is 11.1 Å². The van der Waals surface area contributed by atoms with Crippen molar-refractivity contribution in [1.82, 2.24) is 4.90 Å². The van der Waals surface area contributed by atoms with Gasteiger partial charge in [0.2, 0.25) is 5.91 Å². The van der Waals surface area contributed by atoms with Crippen molar-refractivity contribution in [2.24, 2.45) is 0 Å². The number of nitrogens with one attached hydrogen (secondary N) is 1. The van der Waals surface area contributed by atoms with Gasteiger partial charge < -0.3 is 16.2 Å². The molecule has 110 valence electrons. The summed E-state index contributed by atoms with van der Waals surface area (Å²) in [6.07, 6.45) is 3.74. The largest absolute Gasteiger partial charge is 0.399 e. The molecule has 5 nitrogen and oxygen atoms in total. The van der Waals surface area contributed by atoms with Crippen molar-refractivity contribution in [2.75, 3.05) is 30.7 Å². The van der Waals surface area contributed by atoms with Crippen LogP contribution in [-0.4, -0.2) is 41.7 Å². The van der Waals surface area contributed by atoms with Gasteiger partial charge in [-0.2, -0.15) is 0 Å². The van der Waals surface area contributed by atoms with E-state index >= 15 is 0 Å². The van der Waals surface area contributed by atoms with Gasteiger partial charge in [0, 0.05) is 30.4 Å². The molecule has 0 radical (unpaired) electrons. The Morgan fingerprint density at radius 2 is 2.20 bits per heavy atom. The fourth-order valence-electron chi connectivity index (χ4n) is 2.33. The first-order chi connectivity index (χ1) is 9.69. The molecule has 0 unspecified atom stereocenters. The second-order valence-electron chi connectivity index (χ2n) is 5.27. The molecule has 4 N–H and O–H groups in total. The van der Waals surface area contributed by atoms with Crippen molar-refractivity contribution in [1.29, 1.82) is 0 Å². The minimum Gasteiger partial charge on any atom is -0.399 e. The van der Waals surface area contributed by atoms with Crippen molar-refractivity contribution in [3.63, 3.8) is 0 Å². The summed E-state index contributed by atoms with van der Waals surface area (Å²) in [7, 11) is 0. The smallest absolute Gasteiger partial charge is 0.224 e. The van der Waals surface area contributed by atoms with E-state index in [9.17, 15) is 4.79 Å². The number of aliphatic hydroxyl groups is 1. The zero-order chi connectivity index (χ0) is 14.4. The average molecular weight is 277 g/mol. The molecule has 1 saturated carbocycles. The van der Waals surface area contributed by atoms with Crippen LogP contribution in [0.15, 0.2) is 24.3 Å². The van der Waals surface area contributed by atoms with E-state index in [-0.39, 0.29) is 12.5 Å². The van der Waals surface area contributed by atoms with Crippen LogP contribution in [0.3, 0.4) is 0 Å². The summed E-state index contributed by atoms with van der Waals surface area (Å²) < 4.78 is 0. The predicted octanol–water partition coefficient (Wildman–Crippen LogP) is 1.44. The molecule has 5 heteroatoms. The van der Waals surface area contributed by atoms with E-state index in [0.29, 0.717) is 24.7 Å². The monoisotopic (exact) mass is 277 g/mol. The second kappa shape index (κ2) is 7.26. The third kappa shape index (κ3) is 4.83. The number of benzene rings is 1. The maximum atomic E-state index is 11.8. The lowest BCUT2D eigenvalue weighted by Gasteiger charge is -2.20. The molecule has 1 aromatic rings. The zero-order valence-corrected chi connectivity index (χ0v) is 11.7. The summed E-state index contributed by atoms with van der Waals surface area (Å²) in [5.74, 6) is 0.00958. The Balaban J connectivity index is 1.69. The highest BCUT2D eigenvalue weighted by Crippen LogP contribution is 2.26. The first kappa shape index (κ1) is 14.8. The predicted molar refractivity (Wildman–Crippen MR) is 80.4 cm³/mol. The summed E-state index contributed by atoms with van der Waals surface area (Å²) in [6, 6.07) is 7.81.